The molecule has 3 aromatic carbocycles. The quantitative estimate of drug-likeness (QED) is 0.337. The lowest BCUT2D eigenvalue weighted by molar-refractivity contribution is -0.275. The Kier molecular flexibility index (Phi) is 9.19. The van der Waals surface area contributed by atoms with Crippen LogP contribution < -0.4 is 18.5 Å². The number of likely N-dealkylation sites (tertiary alicyclic amines) is 1. The number of amides is 2. The first-order valence-electron chi connectivity index (χ1n) is 14.1. The molecule has 0 radical (unpaired) electrons. The van der Waals surface area contributed by atoms with Crippen molar-refractivity contribution >= 4 is 50.1 Å². The molecule has 5 rings (SSSR count). The van der Waals surface area contributed by atoms with Crippen LogP contribution in [0.3, 0.4) is 0 Å². The minimum absolute atomic E-state index is 0.0752. The van der Waals surface area contributed by atoms with Gasteiger partial charge in [0.1, 0.15) is 16.4 Å². The molecule has 47 heavy (non-hydrogen) atoms. The van der Waals surface area contributed by atoms with Gasteiger partial charge < -0.3 is 24.2 Å². The molecule has 1 unspecified atom stereocenters. The van der Waals surface area contributed by atoms with E-state index >= 15 is 4.79 Å². The van der Waals surface area contributed by atoms with Crippen molar-refractivity contribution in [1.29, 1.82) is 0 Å². The van der Waals surface area contributed by atoms with Gasteiger partial charge in [-0.15, -0.1) is 13.2 Å². The molecule has 0 spiro atoms. The molecule has 2 aliphatic rings. The number of ether oxygens (including phenoxy) is 3. The number of aliphatic hydroxyl groups excluding tert-OH is 1. The number of aryl methyl sites for hydroxylation is 1. The van der Waals surface area contributed by atoms with E-state index in [-0.39, 0.29) is 41.3 Å². The number of likely N-dealkylation sites (N-methyl/N-ethyl adjacent to an activating group) is 1. The van der Waals surface area contributed by atoms with Gasteiger partial charge in [-0.3, -0.25) is 14.5 Å². The average Bonchev–Trinajstić information content (AvgIpc) is 3.50. The molecule has 2 amide bonds. The predicted molar refractivity (Wildman–Crippen MR) is 172 cm³/mol. The highest BCUT2D eigenvalue weighted by atomic mass is 127. The van der Waals surface area contributed by atoms with Crippen molar-refractivity contribution in [1.82, 2.24) is 9.80 Å². The molecule has 0 aliphatic carbocycles. The summed E-state index contributed by atoms with van der Waals surface area (Å²) < 4.78 is 85.7. The van der Waals surface area contributed by atoms with Crippen molar-refractivity contribution < 1.29 is 50.5 Å². The van der Waals surface area contributed by atoms with E-state index in [1.165, 1.54) is 44.2 Å². The summed E-state index contributed by atoms with van der Waals surface area (Å²) in [5.41, 5.74) is -1.30. The van der Waals surface area contributed by atoms with E-state index in [2.05, 4.69) is 4.74 Å². The van der Waals surface area contributed by atoms with Crippen LogP contribution >= 0.6 is 22.6 Å². The third-order valence-corrected chi connectivity index (χ3v) is 10.5. The molecule has 3 atom stereocenters. The van der Waals surface area contributed by atoms with Crippen molar-refractivity contribution in [3.63, 3.8) is 0 Å². The molecule has 1 fully saturated rings. The Morgan fingerprint density at radius 2 is 1.72 bits per heavy atom. The Hall–Kier alpha value is -3.61. The smallest absolute Gasteiger partial charge is 0.497 e. The largest absolute Gasteiger partial charge is 0.573 e. The monoisotopic (exact) mass is 789 g/mol. The molecule has 1 saturated heterocycles. The van der Waals surface area contributed by atoms with Gasteiger partial charge in [0.25, 0.3) is 15.9 Å². The number of alkyl halides is 3. The van der Waals surface area contributed by atoms with Crippen LogP contribution in [-0.4, -0.2) is 88.5 Å². The third kappa shape index (κ3) is 5.89. The maximum Gasteiger partial charge on any atom is 0.573 e. The van der Waals surface area contributed by atoms with E-state index in [1.807, 2.05) is 22.6 Å². The number of aliphatic hydroxyl groups is 1. The van der Waals surface area contributed by atoms with Crippen LogP contribution in [0, 0.1) is 10.5 Å². The number of sulfonamides is 1. The molecule has 11 nitrogen and oxygen atoms in total. The Labute approximate surface area is 283 Å². The van der Waals surface area contributed by atoms with E-state index < -0.39 is 56.5 Å². The number of carbonyl (C=O) groups excluding carboxylic acids is 2. The number of hydrogen-bond acceptors (Lipinski definition) is 9. The minimum atomic E-state index is -5.29. The first-order chi connectivity index (χ1) is 22.0. The summed E-state index contributed by atoms with van der Waals surface area (Å²) in [6, 6.07) is 11.1. The van der Waals surface area contributed by atoms with Crippen LogP contribution in [0.2, 0.25) is 0 Å². The van der Waals surface area contributed by atoms with E-state index in [0.717, 1.165) is 18.2 Å². The van der Waals surface area contributed by atoms with Crippen LogP contribution in [0.1, 0.15) is 23.1 Å². The van der Waals surface area contributed by atoms with Gasteiger partial charge >= 0.3 is 6.36 Å². The summed E-state index contributed by atoms with van der Waals surface area (Å²) in [6.45, 7) is 1.52. The SMILES string of the molecule is COc1ccc(S(=O)(=O)N2C(=O)C(c3cc(C)ccc3OC)(N3C[C@H](O)C[C@H]3C(=O)N(C)C)c3cc(I)ccc32)c(OC(F)(F)F)c1. The summed E-state index contributed by atoms with van der Waals surface area (Å²) in [6.07, 6.45) is -6.45. The molecule has 0 aromatic heterocycles. The molecule has 0 saturated carbocycles. The van der Waals surface area contributed by atoms with Gasteiger partial charge in [-0.05, 0) is 78.4 Å². The van der Waals surface area contributed by atoms with Crippen molar-refractivity contribution in [2.75, 3.05) is 39.2 Å². The summed E-state index contributed by atoms with van der Waals surface area (Å²) in [5, 5.41) is 11.0. The molecule has 0 bridgehead atoms. The molecule has 16 heteroatoms. The van der Waals surface area contributed by atoms with Gasteiger partial charge in [0.15, 0.2) is 11.3 Å². The average molecular weight is 790 g/mol. The fourth-order valence-corrected chi connectivity index (χ4v) is 8.28. The van der Waals surface area contributed by atoms with Gasteiger partial charge in [0.05, 0.1) is 32.1 Å². The molecule has 2 heterocycles. The zero-order valence-electron chi connectivity index (χ0n) is 25.8. The lowest BCUT2D eigenvalue weighted by Gasteiger charge is -2.42. The number of β-amino-alcohol motifs (C(OH)–C–C–N with tert-alkyl or cyclic N) is 1. The summed E-state index contributed by atoms with van der Waals surface area (Å²) >= 11 is 1.99. The predicted octanol–water partition coefficient (Wildman–Crippen LogP) is 4.02. The lowest BCUT2D eigenvalue weighted by Crippen LogP contribution is -2.59. The molecule has 1 N–H and O–H groups in total. The minimum Gasteiger partial charge on any atom is -0.497 e. The number of hydrogen-bond donors (Lipinski definition) is 1. The van der Waals surface area contributed by atoms with E-state index in [0.29, 0.717) is 13.4 Å². The molecule has 252 valence electrons. The molecule has 2 aliphatic heterocycles. The fraction of sp³-hybridized carbons (Fsp3) is 0.355. The van der Waals surface area contributed by atoms with Gasteiger partial charge in [-0.25, -0.2) is 12.7 Å². The van der Waals surface area contributed by atoms with Gasteiger partial charge in [-0.2, -0.15) is 0 Å². The number of carbonyl (C=O) groups is 2. The molecular formula is C31H31F3IN3O8S. The molecule has 3 aromatic rings. The van der Waals surface area contributed by atoms with Gasteiger partial charge in [0, 0.05) is 41.4 Å². The summed E-state index contributed by atoms with van der Waals surface area (Å²) in [7, 11) is 0.406. The van der Waals surface area contributed by atoms with Crippen LogP contribution in [-0.2, 0) is 25.2 Å². The Balaban J connectivity index is 1.87. The lowest BCUT2D eigenvalue weighted by atomic mass is 9.80. The fourth-order valence-electron chi connectivity index (χ4n) is 6.23. The Bertz CT molecular complexity index is 1860. The summed E-state index contributed by atoms with van der Waals surface area (Å²) in [5.74, 6) is -2.63. The second kappa shape index (κ2) is 12.4. The number of methoxy groups -OCH3 is 2. The number of anilines is 1. The zero-order valence-corrected chi connectivity index (χ0v) is 28.8. The van der Waals surface area contributed by atoms with Crippen molar-refractivity contribution in [3.05, 3.63) is 74.9 Å². The van der Waals surface area contributed by atoms with E-state index in [9.17, 15) is 31.5 Å². The van der Waals surface area contributed by atoms with E-state index in [1.54, 1.807) is 37.3 Å². The van der Waals surface area contributed by atoms with Crippen LogP contribution in [0.25, 0.3) is 0 Å². The number of halogens is 4. The van der Waals surface area contributed by atoms with Crippen LogP contribution in [0.5, 0.6) is 17.2 Å². The van der Waals surface area contributed by atoms with Crippen molar-refractivity contribution in [3.8, 4) is 17.2 Å². The van der Waals surface area contributed by atoms with Crippen molar-refractivity contribution in [2.45, 2.75) is 42.3 Å². The standard InChI is InChI=1S/C31H31F3IN3O8S/c1-17-6-10-25(45-5)22(12-17)30(37-16-19(39)14-24(37)28(40)36(2)3)21-13-18(35)7-9-23(21)38(29(30)41)47(42,43)27-11-8-20(44-4)15-26(27)46-31(32,33)34/h6-13,15,19,24,39H,14,16H2,1-5H3/t19-,24+,30?/m1/s1. The van der Waals surface area contributed by atoms with Crippen LogP contribution in [0.4, 0.5) is 18.9 Å². The third-order valence-electron chi connectivity index (χ3n) is 8.14. The highest BCUT2D eigenvalue weighted by molar-refractivity contribution is 14.1. The van der Waals surface area contributed by atoms with Gasteiger partial charge in [-0.1, -0.05) is 11.6 Å². The summed E-state index contributed by atoms with van der Waals surface area (Å²) in [4.78, 5) is 30.8. The topological polar surface area (TPSA) is 126 Å². The van der Waals surface area contributed by atoms with Crippen LogP contribution in [0.15, 0.2) is 59.5 Å². The van der Waals surface area contributed by atoms with E-state index in [4.69, 9.17) is 9.47 Å². The van der Waals surface area contributed by atoms with Crippen molar-refractivity contribution in [2.24, 2.45) is 0 Å². The zero-order chi connectivity index (χ0) is 34.6. The highest BCUT2D eigenvalue weighted by Gasteiger charge is 2.64. The Morgan fingerprint density at radius 1 is 1.02 bits per heavy atom. The second-order valence-corrected chi connectivity index (χ2v) is 14.3. The van der Waals surface area contributed by atoms with Gasteiger partial charge in [0.2, 0.25) is 5.91 Å². The maximum absolute atomic E-state index is 15.3. The maximum atomic E-state index is 15.3. The normalized spacial score (nSPS) is 21.5. The number of fused-ring (bicyclic) bond motifs is 1. The first-order valence-corrected chi connectivity index (χ1v) is 16.6. The molecular weight excluding hydrogens is 758 g/mol. The highest BCUT2D eigenvalue weighted by Crippen LogP contribution is 2.55. The number of rotatable bonds is 8. The Morgan fingerprint density at radius 3 is 2.34 bits per heavy atom. The first kappa shape index (κ1) is 34.7. The second-order valence-electron chi connectivity index (χ2n) is 11.3. The number of benzene rings is 3. The number of nitrogens with zero attached hydrogens (tertiary/aromatic N) is 3.